The zero-order chi connectivity index (χ0) is 12.8. The van der Waals surface area contributed by atoms with E-state index in [1.165, 1.54) is 0 Å². The van der Waals surface area contributed by atoms with Crippen molar-refractivity contribution in [3.05, 3.63) is 18.5 Å². The molecule has 1 aromatic rings. The molecule has 2 atom stereocenters. The van der Waals surface area contributed by atoms with Gasteiger partial charge in [-0.1, -0.05) is 0 Å². The van der Waals surface area contributed by atoms with Crippen molar-refractivity contribution in [1.29, 1.82) is 0 Å². The lowest BCUT2D eigenvalue weighted by atomic mass is 10.2. The fourth-order valence-corrected chi connectivity index (χ4v) is 2.09. The average molecular weight is 254 g/mol. The Morgan fingerprint density at radius 1 is 1.61 bits per heavy atom. The van der Waals surface area contributed by atoms with Gasteiger partial charge in [-0.3, -0.25) is 4.68 Å². The molecule has 2 unspecified atom stereocenters. The molecule has 0 aromatic carbocycles. The average Bonchev–Trinajstić information content (AvgIpc) is 2.82. The lowest BCUT2D eigenvalue weighted by molar-refractivity contribution is -0.0192. The molecule has 0 radical (unpaired) electrons. The standard InChI is InChI=1S/C12H22N4O2/c1-15-5-6-18-12(10-15)8-13-7-11(17)9-16-4-2-3-14-16/h2-4,11-13,17H,5-10H2,1H3. The van der Waals surface area contributed by atoms with Crippen molar-refractivity contribution in [2.45, 2.75) is 18.8 Å². The van der Waals surface area contributed by atoms with Crippen molar-refractivity contribution < 1.29 is 9.84 Å². The number of likely N-dealkylation sites (N-methyl/N-ethyl adjacent to an activating group) is 1. The number of hydrogen-bond acceptors (Lipinski definition) is 5. The summed E-state index contributed by atoms with van der Waals surface area (Å²) in [7, 11) is 2.10. The van der Waals surface area contributed by atoms with E-state index in [1.54, 1.807) is 10.9 Å². The van der Waals surface area contributed by atoms with Gasteiger partial charge >= 0.3 is 0 Å². The summed E-state index contributed by atoms with van der Waals surface area (Å²) in [5, 5.41) is 17.1. The molecule has 0 spiro atoms. The van der Waals surface area contributed by atoms with Gasteiger partial charge in [0.05, 0.1) is 25.4 Å². The fraction of sp³-hybridized carbons (Fsp3) is 0.750. The fourth-order valence-electron chi connectivity index (χ4n) is 2.09. The van der Waals surface area contributed by atoms with Crippen LogP contribution >= 0.6 is 0 Å². The van der Waals surface area contributed by atoms with Crippen molar-refractivity contribution in [3.8, 4) is 0 Å². The number of nitrogens with one attached hydrogen (secondary N) is 1. The van der Waals surface area contributed by atoms with Gasteiger partial charge in [0.25, 0.3) is 0 Å². The quantitative estimate of drug-likeness (QED) is 0.693. The van der Waals surface area contributed by atoms with Gasteiger partial charge in [-0.25, -0.2) is 0 Å². The monoisotopic (exact) mass is 254 g/mol. The van der Waals surface area contributed by atoms with Crippen LogP contribution in [0.2, 0.25) is 0 Å². The van der Waals surface area contributed by atoms with E-state index in [4.69, 9.17) is 4.74 Å². The number of hydrogen-bond donors (Lipinski definition) is 2. The topological polar surface area (TPSA) is 62.6 Å². The van der Waals surface area contributed by atoms with Gasteiger partial charge in [0.15, 0.2) is 0 Å². The second kappa shape index (κ2) is 6.84. The van der Waals surface area contributed by atoms with E-state index in [0.717, 1.165) is 26.2 Å². The van der Waals surface area contributed by atoms with Gasteiger partial charge in [-0.15, -0.1) is 0 Å². The highest BCUT2D eigenvalue weighted by atomic mass is 16.5. The molecule has 1 fully saturated rings. The van der Waals surface area contributed by atoms with Gasteiger partial charge in [0, 0.05) is 38.6 Å². The van der Waals surface area contributed by atoms with E-state index in [2.05, 4.69) is 22.4 Å². The molecule has 18 heavy (non-hydrogen) atoms. The van der Waals surface area contributed by atoms with Crippen LogP contribution in [0.25, 0.3) is 0 Å². The van der Waals surface area contributed by atoms with Gasteiger partial charge in [-0.2, -0.15) is 5.10 Å². The first-order chi connectivity index (χ1) is 8.74. The first kappa shape index (κ1) is 13.5. The normalized spacial score (nSPS) is 23.1. The number of aliphatic hydroxyl groups is 1. The van der Waals surface area contributed by atoms with Crippen LogP contribution < -0.4 is 5.32 Å². The van der Waals surface area contributed by atoms with E-state index >= 15 is 0 Å². The first-order valence-electron chi connectivity index (χ1n) is 6.40. The van der Waals surface area contributed by atoms with Gasteiger partial charge in [-0.05, 0) is 13.1 Å². The van der Waals surface area contributed by atoms with E-state index in [-0.39, 0.29) is 6.10 Å². The zero-order valence-corrected chi connectivity index (χ0v) is 10.8. The summed E-state index contributed by atoms with van der Waals surface area (Å²) in [6.07, 6.45) is 3.36. The Kier molecular flexibility index (Phi) is 5.12. The maximum Gasteiger partial charge on any atom is 0.0860 e. The van der Waals surface area contributed by atoms with Crippen LogP contribution in [0, 0.1) is 0 Å². The van der Waals surface area contributed by atoms with Crippen molar-refractivity contribution in [2.24, 2.45) is 0 Å². The van der Waals surface area contributed by atoms with Gasteiger partial charge in [0.2, 0.25) is 0 Å². The predicted molar refractivity (Wildman–Crippen MR) is 68.3 cm³/mol. The van der Waals surface area contributed by atoms with Crippen LogP contribution in [-0.2, 0) is 11.3 Å². The minimum atomic E-state index is -0.425. The third-order valence-corrected chi connectivity index (χ3v) is 3.05. The van der Waals surface area contributed by atoms with Gasteiger partial charge in [0.1, 0.15) is 0 Å². The second-order valence-electron chi connectivity index (χ2n) is 4.80. The maximum absolute atomic E-state index is 9.83. The Morgan fingerprint density at radius 3 is 3.22 bits per heavy atom. The lowest BCUT2D eigenvalue weighted by Crippen LogP contribution is -2.46. The predicted octanol–water partition coefficient (Wildman–Crippen LogP) is -0.836. The van der Waals surface area contributed by atoms with Crippen LogP contribution in [0.5, 0.6) is 0 Å². The molecule has 2 heterocycles. The molecule has 2 N–H and O–H groups in total. The molecule has 1 aromatic heterocycles. The number of ether oxygens (including phenoxy) is 1. The van der Waals surface area contributed by atoms with Crippen molar-refractivity contribution in [2.75, 3.05) is 39.8 Å². The minimum Gasteiger partial charge on any atom is -0.390 e. The third kappa shape index (κ3) is 4.38. The number of morpholine rings is 1. The van der Waals surface area contributed by atoms with E-state index in [9.17, 15) is 5.11 Å². The van der Waals surface area contributed by atoms with Crippen molar-refractivity contribution in [3.63, 3.8) is 0 Å². The molecular formula is C12H22N4O2. The van der Waals surface area contributed by atoms with Crippen LogP contribution in [0.15, 0.2) is 18.5 Å². The summed E-state index contributed by atoms with van der Waals surface area (Å²) >= 11 is 0. The highest BCUT2D eigenvalue weighted by Crippen LogP contribution is 2.01. The summed E-state index contributed by atoms with van der Waals surface area (Å²) < 4.78 is 7.37. The van der Waals surface area contributed by atoms with Crippen molar-refractivity contribution in [1.82, 2.24) is 20.0 Å². The molecule has 102 valence electrons. The van der Waals surface area contributed by atoms with E-state index in [1.807, 2.05) is 12.3 Å². The minimum absolute atomic E-state index is 0.223. The lowest BCUT2D eigenvalue weighted by Gasteiger charge is -2.30. The zero-order valence-electron chi connectivity index (χ0n) is 10.8. The Balaban J connectivity index is 1.59. The summed E-state index contributed by atoms with van der Waals surface area (Å²) in [6.45, 7) is 4.59. The maximum atomic E-state index is 9.83. The molecule has 1 saturated heterocycles. The Hall–Kier alpha value is -0.950. The SMILES string of the molecule is CN1CCOC(CNCC(O)Cn2cccn2)C1. The molecule has 0 aliphatic carbocycles. The molecule has 1 aliphatic rings. The summed E-state index contributed by atoms with van der Waals surface area (Å²) in [6, 6.07) is 1.85. The van der Waals surface area contributed by atoms with E-state index in [0.29, 0.717) is 13.1 Å². The number of aliphatic hydroxyl groups excluding tert-OH is 1. The van der Waals surface area contributed by atoms with Crippen LogP contribution in [0.3, 0.4) is 0 Å². The number of rotatable bonds is 6. The number of nitrogens with zero attached hydrogens (tertiary/aromatic N) is 3. The Labute approximate surface area is 108 Å². The molecule has 6 nitrogen and oxygen atoms in total. The van der Waals surface area contributed by atoms with Crippen LogP contribution in [0.4, 0.5) is 0 Å². The molecule has 1 aliphatic heterocycles. The smallest absolute Gasteiger partial charge is 0.0860 e. The van der Waals surface area contributed by atoms with Crippen molar-refractivity contribution >= 4 is 0 Å². The molecule has 6 heteroatoms. The number of aromatic nitrogens is 2. The molecule has 0 bridgehead atoms. The highest BCUT2D eigenvalue weighted by Gasteiger charge is 2.17. The highest BCUT2D eigenvalue weighted by molar-refractivity contribution is 4.79. The Bertz CT molecular complexity index is 331. The summed E-state index contributed by atoms with van der Waals surface area (Å²) in [4.78, 5) is 2.26. The largest absolute Gasteiger partial charge is 0.390 e. The van der Waals surface area contributed by atoms with Gasteiger partial charge < -0.3 is 20.1 Å². The summed E-state index contributed by atoms with van der Waals surface area (Å²) in [5.74, 6) is 0. The molecule has 2 rings (SSSR count). The molecule has 0 saturated carbocycles. The summed E-state index contributed by atoms with van der Waals surface area (Å²) in [5.41, 5.74) is 0. The van der Waals surface area contributed by atoms with E-state index < -0.39 is 6.10 Å². The second-order valence-corrected chi connectivity index (χ2v) is 4.80. The Morgan fingerprint density at radius 2 is 2.50 bits per heavy atom. The molecular weight excluding hydrogens is 232 g/mol. The molecule has 0 amide bonds. The van der Waals surface area contributed by atoms with Crippen LogP contribution in [0.1, 0.15) is 0 Å². The van der Waals surface area contributed by atoms with Crippen LogP contribution in [-0.4, -0.2) is 71.8 Å². The first-order valence-corrected chi connectivity index (χ1v) is 6.40. The third-order valence-electron chi connectivity index (χ3n) is 3.05.